The van der Waals surface area contributed by atoms with Crippen LogP contribution in [-0.4, -0.2) is 9.97 Å². The number of hydrogen-bond acceptors (Lipinski definition) is 4. The molecule has 0 atom stereocenters. The summed E-state index contributed by atoms with van der Waals surface area (Å²) in [5.74, 6) is 0. The third kappa shape index (κ3) is 3.03. The fourth-order valence-corrected chi connectivity index (χ4v) is 2.98. The van der Waals surface area contributed by atoms with E-state index in [1.807, 2.05) is 24.7 Å². The number of nitrogens with one attached hydrogen (secondary N) is 1. The molecular formula is C16H17N3S. The molecule has 3 aromatic rings. The van der Waals surface area contributed by atoms with Gasteiger partial charge in [0.2, 0.25) is 0 Å². The zero-order chi connectivity index (χ0) is 13.8. The van der Waals surface area contributed by atoms with Gasteiger partial charge in [0.1, 0.15) is 5.01 Å². The number of nitrogens with zero attached hydrogens (tertiary/aromatic N) is 2. The first-order chi connectivity index (χ1) is 9.85. The van der Waals surface area contributed by atoms with Gasteiger partial charge in [-0.2, -0.15) is 0 Å². The van der Waals surface area contributed by atoms with Gasteiger partial charge >= 0.3 is 0 Å². The lowest BCUT2D eigenvalue weighted by Gasteiger charge is -2.04. The molecule has 2 heterocycles. The van der Waals surface area contributed by atoms with Crippen molar-refractivity contribution in [3.8, 4) is 0 Å². The summed E-state index contributed by atoms with van der Waals surface area (Å²) in [6.45, 7) is 3.85. The van der Waals surface area contributed by atoms with Crippen LogP contribution in [0.4, 0.5) is 0 Å². The Hall–Kier alpha value is -1.78. The van der Waals surface area contributed by atoms with E-state index >= 15 is 0 Å². The Kier molecular flexibility index (Phi) is 4.04. The molecule has 0 bridgehead atoms. The molecule has 0 aliphatic carbocycles. The van der Waals surface area contributed by atoms with Crippen LogP contribution in [0.5, 0.6) is 0 Å². The summed E-state index contributed by atoms with van der Waals surface area (Å²) in [7, 11) is 0. The highest BCUT2D eigenvalue weighted by molar-refractivity contribution is 7.11. The minimum atomic E-state index is 0.832. The number of thiazole rings is 1. The van der Waals surface area contributed by atoms with E-state index in [0.717, 1.165) is 24.5 Å². The fourth-order valence-electron chi connectivity index (χ4n) is 2.15. The smallest absolute Gasteiger partial charge is 0.107 e. The van der Waals surface area contributed by atoms with Crippen LogP contribution in [0.1, 0.15) is 22.4 Å². The second-order valence-electron chi connectivity index (χ2n) is 4.73. The van der Waals surface area contributed by atoms with Gasteiger partial charge in [-0.05, 0) is 29.5 Å². The average Bonchev–Trinajstić information content (AvgIpc) is 2.95. The molecule has 0 saturated heterocycles. The van der Waals surface area contributed by atoms with Gasteiger partial charge in [-0.25, -0.2) is 4.98 Å². The van der Waals surface area contributed by atoms with Crippen molar-refractivity contribution in [2.24, 2.45) is 0 Å². The molecular weight excluding hydrogens is 266 g/mol. The van der Waals surface area contributed by atoms with Crippen LogP contribution in [0, 0.1) is 0 Å². The monoisotopic (exact) mass is 283 g/mol. The molecule has 3 rings (SSSR count). The largest absolute Gasteiger partial charge is 0.306 e. The van der Waals surface area contributed by atoms with Gasteiger partial charge in [0.25, 0.3) is 0 Å². The van der Waals surface area contributed by atoms with E-state index in [4.69, 9.17) is 0 Å². The molecule has 4 heteroatoms. The average molecular weight is 283 g/mol. The topological polar surface area (TPSA) is 37.8 Å². The maximum Gasteiger partial charge on any atom is 0.107 e. The van der Waals surface area contributed by atoms with E-state index in [-0.39, 0.29) is 0 Å². The molecule has 1 N–H and O–H groups in total. The number of fused-ring (bicyclic) bond motifs is 1. The molecule has 0 radical (unpaired) electrons. The Morgan fingerprint density at radius 2 is 2.05 bits per heavy atom. The van der Waals surface area contributed by atoms with Crippen LogP contribution < -0.4 is 5.32 Å². The number of benzene rings is 1. The number of pyridine rings is 1. The van der Waals surface area contributed by atoms with Crippen molar-refractivity contribution in [2.45, 2.75) is 26.4 Å². The maximum atomic E-state index is 4.42. The normalized spacial score (nSPS) is 11.1. The van der Waals surface area contributed by atoms with Gasteiger partial charge in [-0.15, -0.1) is 11.3 Å². The molecule has 2 aromatic heterocycles. The summed E-state index contributed by atoms with van der Waals surface area (Å²) in [4.78, 5) is 9.90. The summed E-state index contributed by atoms with van der Waals surface area (Å²) < 4.78 is 0. The van der Waals surface area contributed by atoms with Crippen LogP contribution in [-0.2, 0) is 19.5 Å². The molecule has 0 spiro atoms. The summed E-state index contributed by atoms with van der Waals surface area (Å²) in [5, 5.41) is 7.03. The first-order valence-electron chi connectivity index (χ1n) is 6.82. The van der Waals surface area contributed by atoms with Gasteiger partial charge < -0.3 is 5.32 Å². The second kappa shape index (κ2) is 6.11. The lowest BCUT2D eigenvalue weighted by molar-refractivity contribution is 0.690. The number of aromatic nitrogens is 2. The van der Waals surface area contributed by atoms with Crippen molar-refractivity contribution in [1.29, 1.82) is 0 Å². The molecule has 3 nitrogen and oxygen atoms in total. The Labute approximate surface area is 122 Å². The van der Waals surface area contributed by atoms with Crippen molar-refractivity contribution >= 4 is 22.1 Å². The first-order valence-corrected chi connectivity index (χ1v) is 7.64. The molecule has 1 aromatic carbocycles. The number of rotatable bonds is 5. The quantitative estimate of drug-likeness (QED) is 0.778. The molecule has 20 heavy (non-hydrogen) atoms. The Bertz CT molecular complexity index is 706. The summed E-state index contributed by atoms with van der Waals surface area (Å²) in [6.07, 6.45) is 6.77. The molecule has 0 aliphatic heterocycles. The van der Waals surface area contributed by atoms with E-state index in [9.17, 15) is 0 Å². The van der Waals surface area contributed by atoms with Crippen LogP contribution in [0.15, 0.2) is 42.9 Å². The standard InChI is InChI=1S/C16H17N3S/c1-2-15-10-19-16(20-15)11-18-8-12-3-4-14-9-17-6-5-13(14)7-12/h3-7,9-10,18H,2,8,11H2,1H3. The van der Waals surface area contributed by atoms with Gasteiger partial charge in [-0.1, -0.05) is 19.1 Å². The summed E-state index contributed by atoms with van der Waals surface area (Å²) >= 11 is 1.79. The molecule has 0 saturated carbocycles. The van der Waals surface area contributed by atoms with Gasteiger partial charge in [0.05, 0.1) is 0 Å². The molecule has 102 valence electrons. The predicted molar refractivity (Wildman–Crippen MR) is 83.8 cm³/mol. The maximum absolute atomic E-state index is 4.42. The molecule has 0 aliphatic rings. The minimum Gasteiger partial charge on any atom is -0.306 e. The number of hydrogen-bond donors (Lipinski definition) is 1. The summed E-state index contributed by atoms with van der Waals surface area (Å²) in [5.41, 5.74) is 1.29. The van der Waals surface area contributed by atoms with Crippen LogP contribution in [0.25, 0.3) is 10.8 Å². The minimum absolute atomic E-state index is 0.832. The lowest BCUT2D eigenvalue weighted by Crippen LogP contribution is -2.12. The van der Waals surface area contributed by atoms with E-state index in [1.54, 1.807) is 11.3 Å². The SMILES string of the molecule is CCc1cnc(CNCc2ccc3cnccc3c2)s1. The van der Waals surface area contributed by atoms with E-state index < -0.39 is 0 Å². The van der Waals surface area contributed by atoms with E-state index in [2.05, 4.69) is 40.4 Å². The highest BCUT2D eigenvalue weighted by Gasteiger charge is 2.01. The Morgan fingerprint density at radius 1 is 1.10 bits per heavy atom. The number of aryl methyl sites for hydroxylation is 1. The van der Waals surface area contributed by atoms with Gasteiger partial charge in [-0.3, -0.25) is 4.98 Å². The fraction of sp³-hybridized carbons (Fsp3) is 0.250. The predicted octanol–water partition coefficient (Wildman–Crippen LogP) is 3.54. The highest BCUT2D eigenvalue weighted by atomic mass is 32.1. The lowest BCUT2D eigenvalue weighted by atomic mass is 10.1. The Morgan fingerprint density at radius 3 is 2.90 bits per heavy atom. The van der Waals surface area contributed by atoms with Crippen molar-refractivity contribution in [1.82, 2.24) is 15.3 Å². The Balaban J connectivity index is 1.62. The molecule has 0 fully saturated rings. The van der Waals surface area contributed by atoms with Gasteiger partial charge in [0, 0.05) is 41.9 Å². The zero-order valence-corrected chi connectivity index (χ0v) is 12.3. The van der Waals surface area contributed by atoms with Crippen LogP contribution in [0.3, 0.4) is 0 Å². The van der Waals surface area contributed by atoms with Gasteiger partial charge in [0.15, 0.2) is 0 Å². The molecule has 0 amide bonds. The van der Waals surface area contributed by atoms with Crippen LogP contribution >= 0.6 is 11.3 Å². The zero-order valence-electron chi connectivity index (χ0n) is 11.5. The molecule has 0 unspecified atom stereocenters. The van der Waals surface area contributed by atoms with E-state index in [0.29, 0.717) is 0 Å². The van der Waals surface area contributed by atoms with Crippen LogP contribution in [0.2, 0.25) is 0 Å². The second-order valence-corrected chi connectivity index (χ2v) is 5.93. The highest BCUT2D eigenvalue weighted by Crippen LogP contribution is 2.15. The van der Waals surface area contributed by atoms with Crippen molar-refractivity contribution in [3.63, 3.8) is 0 Å². The first kappa shape index (κ1) is 13.2. The van der Waals surface area contributed by atoms with Crippen molar-refractivity contribution in [2.75, 3.05) is 0 Å². The van der Waals surface area contributed by atoms with E-state index in [1.165, 1.54) is 21.2 Å². The van der Waals surface area contributed by atoms with Crippen molar-refractivity contribution < 1.29 is 0 Å². The van der Waals surface area contributed by atoms with Crippen molar-refractivity contribution in [3.05, 3.63) is 58.3 Å². The third-order valence-corrected chi connectivity index (χ3v) is 4.40. The third-order valence-electron chi connectivity index (χ3n) is 3.26. The summed E-state index contributed by atoms with van der Waals surface area (Å²) in [6, 6.07) is 8.53.